The maximum absolute atomic E-state index is 11.4. The van der Waals surface area contributed by atoms with Crippen LogP contribution in [0.5, 0.6) is 0 Å². The Morgan fingerprint density at radius 2 is 1.84 bits per heavy atom. The fourth-order valence-electron chi connectivity index (χ4n) is 1.56. The maximum atomic E-state index is 11.4. The van der Waals surface area contributed by atoms with Gasteiger partial charge in [0.15, 0.2) is 0 Å². The Morgan fingerprint density at radius 3 is 2.37 bits per heavy atom. The average molecular weight is 262 g/mol. The summed E-state index contributed by atoms with van der Waals surface area (Å²) >= 11 is 0. The van der Waals surface area contributed by atoms with Crippen LogP contribution in [0.3, 0.4) is 0 Å². The molecule has 1 aromatic carbocycles. The highest BCUT2D eigenvalue weighted by molar-refractivity contribution is 5.89. The van der Waals surface area contributed by atoms with Gasteiger partial charge in [-0.2, -0.15) is 0 Å². The van der Waals surface area contributed by atoms with Crippen LogP contribution in [0.4, 0.5) is 0 Å². The molecule has 0 fully saturated rings. The lowest BCUT2D eigenvalue weighted by molar-refractivity contribution is -0.138. The maximum Gasteiger partial charge on any atom is 0.337 e. The van der Waals surface area contributed by atoms with Gasteiger partial charge in [0, 0.05) is 5.57 Å². The number of aryl methyl sites for hydroxylation is 1. The molecular weight excluding hydrogens is 244 g/mol. The van der Waals surface area contributed by atoms with E-state index in [9.17, 15) is 9.59 Å². The number of methoxy groups -OCH3 is 1. The van der Waals surface area contributed by atoms with Crippen molar-refractivity contribution in [3.8, 4) is 0 Å². The summed E-state index contributed by atoms with van der Waals surface area (Å²) in [5, 5.41) is 0. The second kappa shape index (κ2) is 7.36. The molecule has 0 radical (unpaired) electrons. The lowest BCUT2D eigenvalue weighted by atomic mass is 10.0. The Hall–Kier alpha value is -2.10. The van der Waals surface area contributed by atoms with E-state index in [1.807, 2.05) is 12.1 Å². The zero-order valence-electron chi connectivity index (χ0n) is 11.3. The third-order valence-corrected chi connectivity index (χ3v) is 2.65. The smallest absolute Gasteiger partial charge is 0.337 e. The van der Waals surface area contributed by atoms with Crippen LogP contribution in [0.25, 0.3) is 0 Å². The van der Waals surface area contributed by atoms with Crippen molar-refractivity contribution in [3.63, 3.8) is 0 Å². The first-order valence-corrected chi connectivity index (χ1v) is 6.10. The fourth-order valence-corrected chi connectivity index (χ4v) is 1.56. The molecule has 0 atom stereocenters. The molecule has 0 N–H and O–H groups in total. The molecule has 0 aliphatic carbocycles. The highest BCUT2D eigenvalue weighted by atomic mass is 16.5. The van der Waals surface area contributed by atoms with E-state index in [2.05, 4.69) is 11.3 Å². The second-order valence-corrected chi connectivity index (χ2v) is 4.01. The first kappa shape index (κ1) is 15.0. The van der Waals surface area contributed by atoms with Crippen LogP contribution in [0, 0.1) is 0 Å². The molecule has 0 aliphatic heterocycles. The molecule has 0 amide bonds. The van der Waals surface area contributed by atoms with E-state index < -0.39 is 0 Å². The standard InChI is InChI=1S/C15H18O4/c1-4-19-14(16)11(2)5-6-12-7-9-13(10-8-12)15(17)18-3/h7-10H,2,4-6H2,1,3H3. The summed E-state index contributed by atoms with van der Waals surface area (Å²) in [6.45, 7) is 5.81. The minimum atomic E-state index is -0.359. The van der Waals surface area contributed by atoms with Gasteiger partial charge in [-0.3, -0.25) is 0 Å². The van der Waals surface area contributed by atoms with E-state index in [0.717, 1.165) is 5.56 Å². The van der Waals surface area contributed by atoms with Crippen LogP contribution < -0.4 is 0 Å². The Kier molecular flexibility index (Phi) is 5.79. The number of carbonyl (C=O) groups is 2. The number of ether oxygens (including phenoxy) is 2. The van der Waals surface area contributed by atoms with Gasteiger partial charge in [0.1, 0.15) is 0 Å². The van der Waals surface area contributed by atoms with Gasteiger partial charge in [0.05, 0.1) is 19.3 Å². The van der Waals surface area contributed by atoms with Crippen LogP contribution in [-0.2, 0) is 20.7 Å². The summed E-state index contributed by atoms with van der Waals surface area (Å²) in [7, 11) is 1.35. The number of benzene rings is 1. The third kappa shape index (κ3) is 4.58. The zero-order valence-corrected chi connectivity index (χ0v) is 11.3. The molecule has 1 aromatic rings. The number of hydrogen-bond acceptors (Lipinski definition) is 4. The largest absolute Gasteiger partial charge is 0.465 e. The van der Waals surface area contributed by atoms with Crippen LogP contribution in [0.2, 0.25) is 0 Å². The van der Waals surface area contributed by atoms with Gasteiger partial charge in [-0.1, -0.05) is 18.7 Å². The summed E-state index contributed by atoms with van der Waals surface area (Å²) in [5.74, 6) is -0.712. The average Bonchev–Trinajstić information content (AvgIpc) is 2.44. The SMILES string of the molecule is C=C(CCc1ccc(C(=O)OC)cc1)C(=O)OCC. The molecule has 0 bridgehead atoms. The van der Waals surface area contributed by atoms with E-state index in [1.54, 1.807) is 19.1 Å². The molecular formula is C15H18O4. The van der Waals surface area contributed by atoms with Crippen LogP contribution in [-0.4, -0.2) is 25.7 Å². The minimum absolute atomic E-state index is 0.353. The number of esters is 2. The second-order valence-electron chi connectivity index (χ2n) is 4.01. The Balaban J connectivity index is 2.52. The molecule has 0 unspecified atom stereocenters. The number of carbonyl (C=O) groups excluding carboxylic acids is 2. The lowest BCUT2D eigenvalue weighted by Gasteiger charge is -2.06. The van der Waals surface area contributed by atoms with Crippen LogP contribution in [0.1, 0.15) is 29.3 Å². The summed E-state index contributed by atoms with van der Waals surface area (Å²) in [6.07, 6.45) is 1.22. The Bertz CT molecular complexity index is 460. The number of hydrogen-bond donors (Lipinski definition) is 0. The molecule has 0 spiro atoms. The molecule has 0 aliphatic rings. The Labute approximate surface area is 113 Å². The molecule has 0 heterocycles. The molecule has 4 nitrogen and oxygen atoms in total. The zero-order chi connectivity index (χ0) is 14.3. The molecule has 1 rings (SSSR count). The highest BCUT2D eigenvalue weighted by Gasteiger charge is 2.08. The first-order valence-electron chi connectivity index (χ1n) is 6.10. The normalized spacial score (nSPS) is 9.79. The van der Waals surface area contributed by atoms with Gasteiger partial charge in [0.25, 0.3) is 0 Å². The summed E-state index contributed by atoms with van der Waals surface area (Å²) in [6, 6.07) is 7.08. The molecule has 19 heavy (non-hydrogen) atoms. The Morgan fingerprint density at radius 1 is 1.21 bits per heavy atom. The molecule has 4 heteroatoms. The summed E-state index contributed by atoms with van der Waals surface area (Å²) < 4.78 is 9.48. The monoisotopic (exact) mass is 262 g/mol. The molecule has 0 saturated carbocycles. The van der Waals surface area contributed by atoms with Crippen LogP contribution >= 0.6 is 0 Å². The predicted octanol–water partition coefficient (Wildman–Crippen LogP) is 2.53. The van der Waals surface area contributed by atoms with E-state index in [4.69, 9.17) is 4.74 Å². The van der Waals surface area contributed by atoms with Gasteiger partial charge in [-0.25, -0.2) is 9.59 Å². The number of rotatable bonds is 6. The fraction of sp³-hybridized carbons (Fsp3) is 0.333. The third-order valence-electron chi connectivity index (χ3n) is 2.65. The highest BCUT2D eigenvalue weighted by Crippen LogP contribution is 2.11. The lowest BCUT2D eigenvalue weighted by Crippen LogP contribution is -2.07. The van der Waals surface area contributed by atoms with Crippen LogP contribution in [0.15, 0.2) is 36.4 Å². The van der Waals surface area contributed by atoms with Gasteiger partial charge in [-0.05, 0) is 37.5 Å². The topological polar surface area (TPSA) is 52.6 Å². The summed E-state index contributed by atoms with van der Waals surface area (Å²) in [5.41, 5.74) is 1.99. The predicted molar refractivity (Wildman–Crippen MR) is 71.9 cm³/mol. The van der Waals surface area contributed by atoms with Crippen molar-refractivity contribution in [2.24, 2.45) is 0 Å². The van der Waals surface area contributed by atoms with Gasteiger partial charge in [-0.15, -0.1) is 0 Å². The van der Waals surface area contributed by atoms with Crippen molar-refractivity contribution < 1.29 is 19.1 Å². The molecule has 102 valence electrons. The van der Waals surface area contributed by atoms with E-state index >= 15 is 0 Å². The van der Waals surface area contributed by atoms with Gasteiger partial charge in [0.2, 0.25) is 0 Å². The van der Waals surface area contributed by atoms with Crippen molar-refractivity contribution >= 4 is 11.9 Å². The molecule has 0 aromatic heterocycles. The van der Waals surface area contributed by atoms with E-state index in [0.29, 0.717) is 30.6 Å². The molecule has 0 saturated heterocycles. The van der Waals surface area contributed by atoms with Crippen molar-refractivity contribution in [2.45, 2.75) is 19.8 Å². The summed E-state index contributed by atoms with van der Waals surface area (Å²) in [4.78, 5) is 22.6. The van der Waals surface area contributed by atoms with Gasteiger partial charge < -0.3 is 9.47 Å². The van der Waals surface area contributed by atoms with Crippen molar-refractivity contribution in [1.29, 1.82) is 0 Å². The quantitative estimate of drug-likeness (QED) is 0.584. The van der Waals surface area contributed by atoms with E-state index in [1.165, 1.54) is 7.11 Å². The van der Waals surface area contributed by atoms with E-state index in [-0.39, 0.29) is 11.9 Å². The van der Waals surface area contributed by atoms with Gasteiger partial charge >= 0.3 is 11.9 Å². The van der Waals surface area contributed by atoms with Crippen molar-refractivity contribution in [1.82, 2.24) is 0 Å². The van der Waals surface area contributed by atoms with Crippen molar-refractivity contribution in [2.75, 3.05) is 13.7 Å². The first-order chi connectivity index (χ1) is 9.08. The minimum Gasteiger partial charge on any atom is -0.465 e. The van der Waals surface area contributed by atoms with Crippen molar-refractivity contribution in [3.05, 3.63) is 47.5 Å².